The number of fused-ring (bicyclic) bond motifs is 1. The molecule has 15 heavy (non-hydrogen) atoms. The third kappa shape index (κ3) is 2.13. The van der Waals surface area contributed by atoms with Crippen molar-refractivity contribution in [2.75, 3.05) is 0 Å². The molecule has 2 nitrogen and oxygen atoms in total. The summed E-state index contributed by atoms with van der Waals surface area (Å²) in [6, 6.07) is 11.6. The van der Waals surface area contributed by atoms with E-state index in [-0.39, 0.29) is 5.17 Å². The van der Waals surface area contributed by atoms with Crippen LogP contribution in [-0.4, -0.2) is 10.4 Å². The molecule has 0 radical (unpaired) electrons. The van der Waals surface area contributed by atoms with Gasteiger partial charge in [0, 0.05) is 10.0 Å². The van der Waals surface area contributed by atoms with Crippen LogP contribution in [0.1, 0.15) is 5.56 Å². The summed E-state index contributed by atoms with van der Waals surface area (Å²) in [4.78, 5) is 0. The van der Waals surface area contributed by atoms with Crippen LogP contribution >= 0.6 is 27.5 Å². The fourth-order valence-electron chi connectivity index (χ4n) is 1.40. The molecule has 2 aromatic carbocycles. The lowest BCUT2D eigenvalue weighted by Crippen LogP contribution is -1.90. The zero-order valence-corrected chi connectivity index (χ0v) is 9.96. The molecule has 0 aromatic heterocycles. The quantitative estimate of drug-likeness (QED) is 0.479. The van der Waals surface area contributed by atoms with Crippen LogP contribution in [-0.2, 0) is 0 Å². The minimum absolute atomic E-state index is 0.0971. The van der Waals surface area contributed by atoms with Gasteiger partial charge in [0.15, 0.2) is 5.17 Å². The monoisotopic (exact) mass is 283 g/mol. The second-order valence-corrected chi connectivity index (χ2v) is 4.37. The highest BCUT2D eigenvalue weighted by atomic mass is 79.9. The van der Waals surface area contributed by atoms with E-state index >= 15 is 0 Å². The van der Waals surface area contributed by atoms with E-state index in [1.807, 2.05) is 36.4 Å². The average Bonchev–Trinajstić information content (AvgIpc) is 2.27. The van der Waals surface area contributed by atoms with Gasteiger partial charge in [0.2, 0.25) is 0 Å². The van der Waals surface area contributed by atoms with E-state index in [0.717, 1.165) is 15.2 Å². The molecule has 0 fully saturated rings. The van der Waals surface area contributed by atoms with Gasteiger partial charge in [-0.05, 0) is 29.0 Å². The van der Waals surface area contributed by atoms with Crippen LogP contribution in [0.2, 0.25) is 0 Å². The van der Waals surface area contributed by atoms with Gasteiger partial charge >= 0.3 is 0 Å². The lowest BCUT2D eigenvalue weighted by atomic mass is 10.1. The van der Waals surface area contributed by atoms with Gasteiger partial charge in [0.1, 0.15) is 0 Å². The minimum Gasteiger partial charge on any atom is -0.410 e. The topological polar surface area (TPSA) is 32.6 Å². The van der Waals surface area contributed by atoms with Crippen molar-refractivity contribution < 1.29 is 5.21 Å². The first-order chi connectivity index (χ1) is 7.20. The molecule has 0 heterocycles. The highest BCUT2D eigenvalue weighted by Gasteiger charge is 2.02. The Kier molecular flexibility index (Phi) is 2.93. The molecule has 0 spiro atoms. The molecule has 0 amide bonds. The van der Waals surface area contributed by atoms with Gasteiger partial charge in [-0.3, -0.25) is 0 Å². The van der Waals surface area contributed by atoms with Crippen molar-refractivity contribution in [1.82, 2.24) is 0 Å². The van der Waals surface area contributed by atoms with E-state index in [1.54, 1.807) is 0 Å². The summed E-state index contributed by atoms with van der Waals surface area (Å²) in [6.45, 7) is 0. The van der Waals surface area contributed by atoms with E-state index in [1.165, 1.54) is 0 Å². The zero-order chi connectivity index (χ0) is 10.8. The van der Waals surface area contributed by atoms with Gasteiger partial charge in [-0.15, -0.1) is 0 Å². The van der Waals surface area contributed by atoms with Gasteiger partial charge in [-0.25, -0.2) is 0 Å². The molecular weight excluding hydrogens is 277 g/mol. The fourth-order valence-corrected chi connectivity index (χ4v) is 1.90. The smallest absolute Gasteiger partial charge is 0.175 e. The second kappa shape index (κ2) is 4.21. The molecule has 2 aromatic rings. The predicted octanol–water partition coefficient (Wildman–Crippen LogP) is 3.98. The zero-order valence-electron chi connectivity index (χ0n) is 7.61. The lowest BCUT2D eigenvalue weighted by molar-refractivity contribution is 0.321. The van der Waals surface area contributed by atoms with Crippen LogP contribution in [0.15, 0.2) is 46.0 Å². The fraction of sp³-hybridized carbons (Fsp3) is 0. The molecule has 0 saturated heterocycles. The predicted molar refractivity (Wildman–Crippen MR) is 65.8 cm³/mol. The molecule has 0 saturated carbocycles. The van der Waals surface area contributed by atoms with Gasteiger partial charge in [0.05, 0.1) is 0 Å². The molecule has 2 rings (SSSR count). The van der Waals surface area contributed by atoms with E-state index in [0.29, 0.717) is 5.56 Å². The molecule has 0 unspecified atom stereocenters. The Morgan fingerprint density at radius 1 is 1.13 bits per heavy atom. The maximum absolute atomic E-state index is 8.55. The van der Waals surface area contributed by atoms with Crippen molar-refractivity contribution >= 4 is 43.5 Å². The minimum atomic E-state index is 0.0971. The summed E-state index contributed by atoms with van der Waals surface area (Å²) in [5.74, 6) is 0. The molecule has 76 valence electrons. The van der Waals surface area contributed by atoms with E-state index in [2.05, 4.69) is 21.1 Å². The molecule has 1 N–H and O–H groups in total. The molecule has 0 bridgehead atoms. The summed E-state index contributed by atoms with van der Waals surface area (Å²) < 4.78 is 1.03. The van der Waals surface area contributed by atoms with Crippen molar-refractivity contribution in [2.24, 2.45) is 5.16 Å². The van der Waals surface area contributed by atoms with Crippen LogP contribution in [0.25, 0.3) is 10.8 Å². The van der Waals surface area contributed by atoms with E-state index in [4.69, 9.17) is 16.8 Å². The standard InChI is InChI=1S/C11H7BrClNO/c12-10-4-3-7-5-9(11(13)14-15)2-1-8(7)6-10/h1-6,15H. The largest absolute Gasteiger partial charge is 0.410 e. The van der Waals surface area contributed by atoms with Gasteiger partial charge in [-0.2, -0.15) is 0 Å². The van der Waals surface area contributed by atoms with Gasteiger partial charge in [-0.1, -0.05) is 50.9 Å². The Bertz CT molecular complexity index is 539. The first-order valence-electron chi connectivity index (χ1n) is 4.28. The third-order valence-electron chi connectivity index (χ3n) is 2.13. The van der Waals surface area contributed by atoms with Crippen LogP contribution in [0.4, 0.5) is 0 Å². The molecular formula is C11H7BrClNO. The summed E-state index contributed by atoms with van der Waals surface area (Å²) in [5.41, 5.74) is 0.703. The number of benzene rings is 2. The molecule has 0 atom stereocenters. The Balaban J connectivity index is 2.62. The normalized spacial score (nSPS) is 12.0. The number of rotatable bonds is 1. The van der Waals surface area contributed by atoms with E-state index < -0.39 is 0 Å². The molecule has 0 aliphatic heterocycles. The van der Waals surface area contributed by atoms with Gasteiger partial charge in [0.25, 0.3) is 0 Å². The SMILES string of the molecule is ON=C(Cl)c1ccc2cc(Br)ccc2c1. The van der Waals surface area contributed by atoms with Crippen LogP contribution < -0.4 is 0 Å². The number of hydrogen-bond acceptors (Lipinski definition) is 2. The molecule has 0 aliphatic rings. The summed E-state index contributed by atoms with van der Waals surface area (Å²) in [7, 11) is 0. The highest BCUT2D eigenvalue weighted by molar-refractivity contribution is 9.10. The summed E-state index contributed by atoms with van der Waals surface area (Å²) >= 11 is 9.12. The van der Waals surface area contributed by atoms with Crippen molar-refractivity contribution in [2.45, 2.75) is 0 Å². The number of hydrogen-bond donors (Lipinski definition) is 1. The Morgan fingerprint density at radius 2 is 1.80 bits per heavy atom. The maximum Gasteiger partial charge on any atom is 0.175 e. The Labute approximate surface area is 100 Å². The number of oxime groups is 1. The van der Waals surface area contributed by atoms with Crippen molar-refractivity contribution in [3.05, 3.63) is 46.4 Å². The molecule has 4 heteroatoms. The first kappa shape index (κ1) is 10.5. The maximum atomic E-state index is 8.55. The Hall–Kier alpha value is -1.06. The summed E-state index contributed by atoms with van der Waals surface area (Å²) in [5, 5.41) is 13.8. The number of nitrogens with zero attached hydrogens (tertiary/aromatic N) is 1. The third-order valence-corrected chi connectivity index (χ3v) is 2.92. The van der Waals surface area contributed by atoms with E-state index in [9.17, 15) is 0 Å². The average molecular weight is 285 g/mol. The van der Waals surface area contributed by atoms with Crippen LogP contribution in [0.5, 0.6) is 0 Å². The first-order valence-corrected chi connectivity index (χ1v) is 5.45. The summed E-state index contributed by atoms with van der Waals surface area (Å²) in [6.07, 6.45) is 0. The molecule has 0 aliphatic carbocycles. The van der Waals surface area contributed by atoms with Gasteiger partial charge < -0.3 is 5.21 Å². The van der Waals surface area contributed by atoms with Crippen molar-refractivity contribution in [3.8, 4) is 0 Å². The second-order valence-electron chi connectivity index (χ2n) is 3.10. The number of halogens is 2. The van der Waals surface area contributed by atoms with Crippen molar-refractivity contribution in [1.29, 1.82) is 0 Å². The van der Waals surface area contributed by atoms with Crippen molar-refractivity contribution in [3.63, 3.8) is 0 Å². The Morgan fingerprint density at radius 3 is 2.53 bits per heavy atom. The lowest BCUT2D eigenvalue weighted by Gasteiger charge is -2.01. The van der Waals surface area contributed by atoms with Crippen LogP contribution in [0, 0.1) is 0 Å². The highest BCUT2D eigenvalue weighted by Crippen LogP contribution is 2.21. The van der Waals surface area contributed by atoms with Crippen LogP contribution in [0.3, 0.4) is 0 Å².